The van der Waals surface area contributed by atoms with Gasteiger partial charge in [-0.05, 0) is 69.7 Å². The van der Waals surface area contributed by atoms with E-state index in [0.717, 1.165) is 99.1 Å². The number of pyridine rings is 1. The molecule has 0 atom stereocenters. The van der Waals surface area contributed by atoms with Crippen LogP contribution in [0, 0.1) is 42.0 Å². The van der Waals surface area contributed by atoms with Crippen molar-refractivity contribution in [3.05, 3.63) is 65.2 Å². The third-order valence-corrected chi connectivity index (χ3v) is 7.41. The Hall–Kier alpha value is -1.08. The molecule has 0 aliphatic carbocycles. The van der Waals surface area contributed by atoms with Gasteiger partial charge in [-0.3, -0.25) is 4.99 Å². The quantitative estimate of drug-likeness (QED) is 0.119. The number of nitrogen functional groups attached to an aromatic ring is 1. The molecule has 1 aliphatic heterocycles. The second-order valence-electron chi connectivity index (χ2n) is 10.7. The summed E-state index contributed by atoms with van der Waals surface area (Å²) >= 11 is 0. The van der Waals surface area contributed by atoms with E-state index in [9.17, 15) is 5.21 Å². The van der Waals surface area contributed by atoms with Crippen molar-refractivity contribution >= 4 is 28.1 Å². The van der Waals surface area contributed by atoms with Crippen molar-refractivity contribution in [1.82, 2.24) is 21.1 Å². The molecule has 2 aromatic rings. The fourth-order valence-corrected chi connectivity index (χ4v) is 4.21. The van der Waals surface area contributed by atoms with Crippen LogP contribution in [0.1, 0.15) is 70.9 Å². The third-order valence-electron chi connectivity index (χ3n) is 7.41. The number of rotatable bonds is 11. The molecular weight excluding hydrogens is 631 g/mol. The van der Waals surface area contributed by atoms with Crippen molar-refractivity contribution < 1.29 is 48.1 Å². The van der Waals surface area contributed by atoms with Crippen LogP contribution in [0.2, 0.25) is 0 Å². The Morgan fingerprint density at radius 3 is 2.07 bits per heavy atom. The topological polar surface area (TPSA) is 187 Å². The SMILES string of the molecule is CCC(C)(CO)CO.CCCCC(C)=Nc1c(N)nc2cc(CCCN3CCN(O)CC3)ccc2c1C.N.[CH3-].[CH3-].[CH3-].[CH3-].[NH2-].[Y]. The van der Waals surface area contributed by atoms with Gasteiger partial charge in [0.2, 0.25) is 0 Å². The molecule has 1 saturated heterocycles. The Balaban J connectivity index is -0.000000215. The molecule has 2 heterocycles. The Morgan fingerprint density at radius 1 is 1.02 bits per heavy atom. The Kier molecular flexibility index (Phi) is 35.4. The van der Waals surface area contributed by atoms with Gasteiger partial charge in [-0.2, -0.15) is 5.06 Å². The molecule has 0 saturated carbocycles. The second kappa shape index (κ2) is 28.2. The summed E-state index contributed by atoms with van der Waals surface area (Å²) in [6, 6.07) is 6.54. The molecule has 0 spiro atoms. The minimum absolute atomic E-state index is 0. The zero-order chi connectivity index (χ0) is 27.4. The summed E-state index contributed by atoms with van der Waals surface area (Å²) in [6.07, 6.45) is 6.25. The van der Waals surface area contributed by atoms with Crippen LogP contribution in [-0.4, -0.2) is 82.0 Å². The average molecular weight is 698 g/mol. The molecule has 3 rings (SSSR count). The van der Waals surface area contributed by atoms with Crippen LogP contribution in [0.4, 0.5) is 11.5 Å². The van der Waals surface area contributed by atoms with E-state index in [2.05, 4.69) is 48.9 Å². The number of piperazine rings is 1. The maximum atomic E-state index is 9.46. The monoisotopic (exact) mass is 697 g/mol. The predicted octanol–water partition coefficient (Wildman–Crippen LogP) is 7.41. The van der Waals surface area contributed by atoms with E-state index in [0.29, 0.717) is 5.82 Å². The number of benzene rings is 1. The normalized spacial score (nSPS) is 13.1. The number of hydrogen-bond acceptors (Lipinski definition) is 9. The average Bonchev–Trinajstić information content (AvgIpc) is 2.90. The molecule has 11 heteroatoms. The van der Waals surface area contributed by atoms with Crippen molar-refractivity contribution in [3.63, 3.8) is 0 Å². The van der Waals surface area contributed by atoms with Crippen molar-refractivity contribution in [1.29, 1.82) is 0 Å². The first-order chi connectivity index (χ1) is 17.7. The first kappa shape index (κ1) is 55.3. The summed E-state index contributed by atoms with van der Waals surface area (Å²) in [6.45, 7) is 14.7. The van der Waals surface area contributed by atoms with E-state index in [1.165, 1.54) is 10.6 Å². The van der Waals surface area contributed by atoms with E-state index < -0.39 is 0 Å². The van der Waals surface area contributed by atoms with Gasteiger partial charge in [-0.25, -0.2) is 4.98 Å². The number of nitrogens with zero attached hydrogens (tertiary/aromatic N) is 4. The van der Waals surface area contributed by atoms with Crippen LogP contribution in [-0.2, 0) is 39.1 Å². The summed E-state index contributed by atoms with van der Waals surface area (Å²) in [5, 5.41) is 29.2. The summed E-state index contributed by atoms with van der Waals surface area (Å²) in [5.74, 6) is 0.518. The van der Waals surface area contributed by atoms with Gasteiger partial charge >= 0.3 is 0 Å². The molecule has 1 fully saturated rings. The molecular formula is C33H66N7O3Y-5. The number of fused-ring (bicyclic) bond motifs is 1. The molecule has 259 valence electrons. The Labute approximate surface area is 296 Å². The van der Waals surface area contributed by atoms with Crippen LogP contribution in [0.25, 0.3) is 17.1 Å². The standard InChI is InChI=1S/C23H35N5O.C6H14O2.4CH3.H3N.H2N.Y/c1-4-5-7-17(2)25-22-18(3)20-10-9-19(16-21(20)26-23(22)24)8-6-11-27-12-14-28(29)15-13-27;1-3-6(2,4-7)5-8;;;;;;;/h9-10,16,29H,4-8,11-15H2,1-3H3,(H2,24,26);7-8H,3-5H2,1-2H3;5*1H3;1H2;/q;;4*-1;;-1;. The van der Waals surface area contributed by atoms with Gasteiger partial charge in [0.05, 0.1) is 18.7 Å². The third kappa shape index (κ3) is 17.6. The molecule has 1 aromatic heterocycles. The van der Waals surface area contributed by atoms with Gasteiger partial charge in [-0.1, -0.05) is 39.3 Å². The molecule has 10 nitrogen and oxygen atoms in total. The van der Waals surface area contributed by atoms with E-state index in [4.69, 9.17) is 20.9 Å². The zero-order valence-electron chi connectivity index (χ0n) is 29.5. The minimum Gasteiger partial charge on any atom is -0.693 e. The van der Waals surface area contributed by atoms with Crippen molar-refractivity contribution in [3.8, 4) is 0 Å². The van der Waals surface area contributed by atoms with Crippen LogP contribution in [0.5, 0.6) is 0 Å². The fraction of sp³-hybridized carbons (Fsp3) is 0.576. The fourth-order valence-electron chi connectivity index (χ4n) is 4.21. The number of hydrogen-bond donors (Lipinski definition) is 5. The number of unbranched alkanes of at least 4 members (excludes halogenated alkanes) is 1. The molecule has 44 heavy (non-hydrogen) atoms. The van der Waals surface area contributed by atoms with E-state index in [-0.39, 0.29) is 93.3 Å². The largest absolute Gasteiger partial charge is 0.693 e. The van der Waals surface area contributed by atoms with Crippen molar-refractivity contribution in [2.45, 2.75) is 73.1 Å². The summed E-state index contributed by atoms with van der Waals surface area (Å²) in [5.41, 5.74) is 11.3. The van der Waals surface area contributed by atoms with Gasteiger partial charge in [0, 0.05) is 75.4 Å². The van der Waals surface area contributed by atoms with Crippen LogP contribution >= 0.6 is 0 Å². The number of aliphatic hydroxyl groups is 2. The van der Waals surface area contributed by atoms with E-state index in [1.807, 2.05) is 13.8 Å². The van der Waals surface area contributed by atoms with Crippen molar-refractivity contribution in [2.75, 3.05) is 51.7 Å². The molecule has 0 unspecified atom stereocenters. The number of nitrogens with two attached hydrogens (primary N) is 2. The second-order valence-corrected chi connectivity index (χ2v) is 10.7. The molecule has 1 aliphatic rings. The maximum Gasteiger partial charge on any atom is 0.150 e. The molecule has 10 N–H and O–H groups in total. The van der Waals surface area contributed by atoms with Gasteiger partial charge in [0.1, 0.15) is 11.5 Å². The van der Waals surface area contributed by atoms with Crippen LogP contribution < -0.4 is 11.9 Å². The smallest absolute Gasteiger partial charge is 0.150 e. The number of aromatic nitrogens is 1. The number of anilines is 1. The zero-order valence-corrected chi connectivity index (χ0v) is 32.3. The van der Waals surface area contributed by atoms with E-state index >= 15 is 0 Å². The van der Waals surface area contributed by atoms with Gasteiger partial charge in [0.15, 0.2) is 0 Å². The van der Waals surface area contributed by atoms with Gasteiger partial charge in [0.25, 0.3) is 0 Å². The minimum atomic E-state index is -0.264. The molecule has 1 aromatic carbocycles. The molecule has 0 bridgehead atoms. The summed E-state index contributed by atoms with van der Waals surface area (Å²) < 4.78 is 0. The van der Waals surface area contributed by atoms with E-state index in [1.54, 1.807) is 0 Å². The predicted molar refractivity (Wildman–Crippen MR) is 190 cm³/mol. The number of hydroxylamine groups is 2. The van der Waals surface area contributed by atoms with Crippen LogP contribution in [0.15, 0.2) is 23.2 Å². The maximum absolute atomic E-state index is 9.46. The number of aryl methyl sites for hydroxylation is 2. The first-order valence-corrected chi connectivity index (χ1v) is 13.8. The van der Waals surface area contributed by atoms with Crippen molar-refractivity contribution in [2.24, 2.45) is 10.4 Å². The number of aliphatic hydroxyl groups excluding tert-OH is 2. The Morgan fingerprint density at radius 2 is 1.59 bits per heavy atom. The van der Waals surface area contributed by atoms with Gasteiger partial charge in [-0.15, -0.1) is 0 Å². The first-order valence-electron chi connectivity index (χ1n) is 13.8. The number of aliphatic imine (C=N–C) groups is 1. The Bertz CT molecular complexity index is 1000. The molecule has 0 amide bonds. The van der Waals surface area contributed by atoms with Crippen LogP contribution in [0.3, 0.4) is 0 Å². The van der Waals surface area contributed by atoms with Gasteiger partial charge < -0.3 is 68.1 Å². The molecule has 1 radical (unpaired) electrons. The summed E-state index contributed by atoms with van der Waals surface area (Å²) in [4.78, 5) is 11.9. The summed E-state index contributed by atoms with van der Waals surface area (Å²) in [7, 11) is 0.